The van der Waals surface area contributed by atoms with E-state index in [1.54, 1.807) is 5.56 Å². The van der Waals surface area contributed by atoms with Crippen molar-refractivity contribution in [3.63, 3.8) is 0 Å². The maximum absolute atomic E-state index is 2.77. The molecule has 1 aliphatic carbocycles. The molecule has 1 heteroatoms. The third-order valence-corrected chi connectivity index (χ3v) is 5.23. The van der Waals surface area contributed by atoms with Crippen LogP contribution in [0.2, 0.25) is 0 Å². The van der Waals surface area contributed by atoms with Gasteiger partial charge in [0.1, 0.15) is 0 Å². The second kappa shape index (κ2) is 6.09. The molecule has 0 N–H and O–H groups in total. The second-order valence-corrected chi connectivity index (χ2v) is 6.34. The lowest BCUT2D eigenvalue weighted by Gasteiger charge is -2.36. The van der Waals surface area contributed by atoms with Gasteiger partial charge in [-0.25, -0.2) is 0 Å². The van der Waals surface area contributed by atoms with Crippen LogP contribution in [0.3, 0.4) is 0 Å². The Bertz CT molecular complexity index is 381. The van der Waals surface area contributed by atoms with Gasteiger partial charge in [-0.1, -0.05) is 44.0 Å². The van der Waals surface area contributed by atoms with Gasteiger partial charge in [-0.05, 0) is 62.2 Å². The van der Waals surface area contributed by atoms with Crippen LogP contribution in [0.15, 0.2) is 24.3 Å². The summed E-state index contributed by atoms with van der Waals surface area (Å²) in [6.45, 7) is 4.88. The van der Waals surface area contributed by atoms with Gasteiger partial charge in [-0.3, -0.25) is 0 Å². The molecule has 1 heterocycles. The lowest BCUT2D eigenvalue weighted by Crippen LogP contribution is -2.39. The Labute approximate surface area is 118 Å². The number of hydrogen-bond donors (Lipinski definition) is 0. The Morgan fingerprint density at radius 1 is 0.947 bits per heavy atom. The van der Waals surface area contributed by atoms with Gasteiger partial charge >= 0.3 is 0 Å². The molecule has 1 aromatic carbocycles. The van der Waals surface area contributed by atoms with E-state index in [0.717, 1.165) is 18.4 Å². The van der Waals surface area contributed by atoms with Crippen LogP contribution in [0.4, 0.5) is 0 Å². The van der Waals surface area contributed by atoms with Gasteiger partial charge in [0, 0.05) is 6.04 Å². The highest BCUT2D eigenvalue weighted by Crippen LogP contribution is 2.32. The minimum Gasteiger partial charge on any atom is -0.300 e. The first-order valence-electron chi connectivity index (χ1n) is 8.19. The third-order valence-electron chi connectivity index (χ3n) is 5.23. The summed E-state index contributed by atoms with van der Waals surface area (Å²) in [5.41, 5.74) is 3.04. The van der Waals surface area contributed by atoms with Crippen molar-refractivity contribution in [3.05, 3.63) is 35.4 Å². The maximum atomic E-state index is 2.77. The van der Waals surface area contributed by atoms with Crippen LogP contribution in [-0.4, -0.2) is 24.0 Å². The molecule has 0 radical (unpaired) electrons. The highest BCUT2D eigenvalue weighted by molar-refractivity contribution is 5.25. The maximum Gasteiger partial charge on any atom is 0.00952 e. The zero-order chi connectivity index (χ0) is 13.1. The first-order valence-corrected chi connectivity index (χ1v) is 8.19. The van der Waals surface area contributed by atoms with Crippen molar-refractivity contribution in [1.29, 1.82) is 0 Å². The molecule has 104 valence electrons. The van der Waals surface area contributed by atoms with Gasteiger partial charge in [0.15, 0.2) is 0 Å². The van der Waals surface area contributed by atoms with Gasteiger partial charge < -0.3 is 4.90 Å². The first-order chi connectivity index (χ1) is 9.36. The predicted molar refractivity (Wildman–Crippen MR) is 81.6 cm³/mol. The zero-order valence-corrected chi connectivity index (χ0v) is 12.3. The molecule has 1 saturated carbocycles. The summed E-state index contributed by atoms with van der Waals surface area (Å²) in [6.07, 6.45) is 9.71. The molecule has 2 aliphatic rings. The molecule has 1 aromatic rings. The zero-order valence-electron chi connectivity index (χ0n) is 12.3. The molecule has 0 amide bonds. The topological polar surface area (TPSA) is 3.24 Å². The van der Waals surface area contributed by atoms with Crippen LogP contribution in [0, 0.1) is 0 Å². The molecule has 1 aliphatic heterocycles. The minimum atomic E-state index is 0.809. The highest BCUT2D eigenvalue weighted by Gasteiger charge is 2.27. The average molecular weight is 257 g/mol. The molecule has 0 aromatic heterocycles. The Morgan fingerprint density at radius 3 is 2.16 bits per heavy atom. The second-order valence-electron chi connectivity index (χ2n) is 6.34. The molecule has 1 nitrogen and oxygen atoms in total. The molecule has 0 spiro atoms. The lowest BCUT2D eigenvalue weighted by molar-refractivity contribution is 0.154. The molecular weight excluding hydrogens is 230 g/mol. The van der Waals surface area contributed by atoms with Crippen LogP contribution in [-0.2, 0) is 6.42 Å². The largest absolute Gasteiger partial charge is 0.300 e. The van der Waals surface area contributed by atoms with E-state index in [-0.39, 0.29) is 0 Å². The van der Waals surface area contributed by atoms with E-state index in [0.29, 0.717) is 0 Å². The quantitative estimate of drug-likeness (QED) is 0.777. The lowest BCUT2D eigenvalue weighted by atomic mass is 9.88. The SMILES string of the molecule is CCc1ccc(C2CCN(C3CCCC3)CC2)cc1. The van der Waals surface area contributed by atoms with Crippen LogP contribution >= 0.6 is 0 Å². The van der Waals surface area contributed by atoms with Crippen molar-refractivity contribution < 1.29 is 0 Å². The number of likely N-dealkylation sites (tertiary alicyclic amines) is 1. The van der Waals surface area contributed by atoms with Crippen LogP contribution in [0.5, 0.6) is 0 Å². The van der Waals surface area contributed by atoms with E-state index in [9.17, 15) is 0 Å². The summed E-state index contributed by atoms with van der Waals surface area (Å²) < 4.78 is 0. The molecule has 0 bridgehead atoms. The van der Waals surface area contributed by atoms with E-state index in [2.05, 4.69) is 36.1 Å². The monoisotopic (exact) mass is 257 g/mol. The van der Waals surface area contributed by atoms with Gasteiger partial charge in [-0.2, -0.15) is 0 Å². The number of nitrogens with zero attached hydrogens (tertiary/aromatic N) is 1. The van der Waals surface area contributed by atoms with Gasteiger partial charge in [0.25, 0.3) is 0 Å². The van der Waals surface area contributed by atoms with E-state index in [1.807, 2.05) is 0 Å². The smallest absolute Gasteiger partial charge is 0.00952 e. The molecule has 19 heavy (non-hydrogen) atoms. The van der Waals surface area contributed by atoms with Gasteiger partial charge in [-0.15, -0.1) is 0 Å². The highest BCUT2D eigenvalue weighted by atomic mass is 15.2. The van der Waals surface area contributed by atoms with Crippen LogP contribution in [0.1, 0.15) is 62.5 Å². The van der Waals surface area contributed by atoms with Crippen molar-refractivity contribution in [3.8, 4) is 0 Å². The number of rotatable bonds is 3. The summed E-state index contributed by atoms with van der Waals surface area (Å²) in [5, 5.41) is 0. The fourth-order valence-electron chi connectivity index (χ4n) is 3.89. The number of hydrogen-bond acceptors (Lipinski definition) is 1. The van der Waals surface area contributed by atoms with Gasteiger partial charge in [0.2, 0.25) is 0 Å². The fraction of sp³-hybridized carbons (Fsp3) is 0.667. The fourth-order valence-corrected chi connectivity index (χ4v) is 3.89. The van der Waals surface area contributed by atoms with Crippen LogP contribution < -0.4 is 0 Å². The number of piperidine rings is 1. The number of benzene rings is 1. The average Bonchev–Trinajstić information content (AvgIpc) is 3.02. The molecule has 0 unspecified atom stereocenters. The summed E-state index contributed by atoms with van der Waals surface area (Å²) >= 11 is 0. The third kappa shape index (κ3) is 3.02. The summed E-state index contributed by atoms with van der Waals surface area (Å²) in [5.74, 6) is 0.809. The van der Waals surface area contributed by atoms with Crippen molar-refractivity contribution in [1.82, 2.24) is 4.90 Å². The molecule has 0 atom stereocenters. The van der Waals surface area contributed by atoms with Crippen molar-refractivity contribution in [2.24, 2.45) is 0 Å². The predicted octanol–water partition coefficient (Wildman–Crippen LogP) is 4.37. The molecular formula is C18H27N. The Morgan fingerprint density at radius 2 is 1.58 bits per heavy atom. The molecule has 2 fully saturated rings. The van der Waals surface area contributed by atoms with E-state index < -0.39 is 0 Å². The molecule has 1 saturated heterocycles. The Balaban J connectivity index is 1.56. The molecule has 3 rings (SSSR count). The number of aryl methyl sites for hydroxylation is 1. The summed E-state index contributed by atoms with van der Waals surface area (Å²) in [4.78, 5) is 2.77. The van der Waals surface area contributed by atoms with E-state index in [1.165, 1.54) is 57.2 Å². The summed E-state index contributed by atoms with van der Waals surface area (Å²) in [7, 11) is 0. The minimum absolute atomic E-state index is 0.809. The summed E-state index contributed by atoms with van der Waals surface area (Å²) in [6, 6.07) is 10.3. The Kier molecular flexibility index (Phi) is 4.22. The Hall–Kier alpha value is -0.820. The standard InChI is InChI=1S/C18H27N/c1-2-15-7-9-16(10-8-15)17-11-13-19(14-12-17)18-5-3-4-6-18/h7-10,17-18H,2-6,11-14H2,1H3. The van der Waals surface area contributed by atoms with Gasteiger partial charge in [0.05, 0.1) is 0 Å². The van der Waals surface area contributed by atoms with Crippen LogP contribution in [0.25, 0.3) is 0 Å². The van der Waals surface area contributed by atoms with Crippen molar-refractivity contribution in [2.75, 3.05) is 13.1 Å². The first kappa shape index (κ1) is 13.2. The van der Waals surface area contributed by atoms with Crippen molar-refractivity contribution in [2.45, 2.75) is 63.8 Å². The van der Waals surface area contributed by atoms with Crippen molar-refractivity contribution >= 4 is 0 Å². The normalized spacial score (nSPS) is 23.0. The van der Waals surface area contributed by atoms with E-state index in [4.69, 9.17) is 0 Å². The van der Waals surface area contributed by atoms with E-state index >= 15 is 0 Å².